The second-order valence-corrected chi connectivity index (χ2v) is 7.22. The van der Waals surface area contributed by atoms with E-state index in [0.717, 1.165) is 0 Å². The summed E-state index contributed by atoms with van der Waals surface area (Å²) in [6.07, 6.45) is -8.93. The van der Waals surface area contributed by atoms with Crippen LogP contribution in [0.25, 0.3) is 5.76 Å². The Bertz CT molecular complexity index is 998. The van der Waals surface area contributed by atoms with Gasteiger partial charge in [0.15, 0.2) is 5.78 Å². The molecule has 0 N–H and O–H groups in total. The lowest BCUT2D eigenvalue weighted by molar-refractivity contribution is -0.342. The molecule has 0 amide bonds. The molecule has 0 bridgehead atoms. The summed E-state index contributed by atoms with van der Waals surface area (Å²) in [7, 11) is 0. The third-order valence-corrected chi connectivity index (χ3v) is 5.39. The normalized spacial score (nSPS) is 24.9. The van der Waals surface area contributed by atoms with Gasteiger partial charge in [0.2, 0.25) is 0 Å². The van der Waals surface area contributed by atoms with Crippen molar-refractivity contribution < 1.29 is 62.6 Å². The number of Topliss-reactive ketones (excluding diaryl/α,β-unsaturated/α-hetero) is 1. The number of allylic oxidation sites excluding steroid dienone is 1. The summed E-state index contributed by atoms with van der Waals surface area (Å²) >= 11 is 5.43. The number of fused-ring (bicyclic) bond motifs is 1. The van der Waals surface area contributed by atoms with Gasteiger partial charge in [-0.15, -0.1) is 0 Å². The molecular formula is C16H4ClF12O2-. The van der Waals surface area contributed by atoms with Crippen molar-refractivity contribution in [3.8, 4) is 0 Å². The first-order valence-corrected chi connectivity index (χ1v) is 8.10. The van der Waals surface area contributed by atoms with E-state index >= 15 is 0 Å². The van der Waals surface area contributed by atoms with Crippen molar-refractivity contribution in [3.63, 3.8) is 0 Å². The lowest BCUT2D eigenvalue weighted by Gasteiger charge is -2.39. The van der Waals surface area contributed by atoms with Crippen LogP contribution in [0.15, 0.2) is 17.7 Å². The fourth-order valence-corrected chi connectivity index (χ4v) is 3.91. The van der Waals surface area contributed by atoms with Gasteiger partial charge in [0.1, 0.15) is 5.82 Å². The van der Waals surface area contributed by atoms with Crippen LogP contribution in [-0.4, -0.2) is 35.6 Å². The van der Waals surface area contributed by atoms with E-state index in [1.54, 1.807) is 0 Å². The van der Waals surface area contributed by atoms with Gasteiger partial charge in [-0.05, 0) is 23.3 Å². The minimum atomic E-state index is -7.40. The molecule has 0 aliphatic heterocycles. The largest absolute Gasteiger partial charge is 0.872 e. The van der Waals surface area contributed by atoms with Crippen LogP contribution in [0.3, 0.4) is 0 Å². The molecule has 3 rings (SSSR count). The Morgan fingerprint density at radius 1 is 0.903 bits per heavy atom. The van der Waals surface area contributed by atoms with Crippen LogP contribution >= 0.6 is 11.6 Å². The molecule has 1 aromatic rings. The minimum Gasteiger partial charge on any atom is -0.872 e. The number of carbonyl (C=O) groups excluding carboxylic acids is 1. The monoisotopic (exact) mass is 491 g/mol. The quantitative estimate of drug-likeness (QED) is 0.559. The third kappa shape index (κ3) is 2.31. The first kappa shape index (κ1) is 23.5. The van der Waals surface area contributed by atoms with Crippen molar-refractivity contribution >= 4 is 23.1 Å². The molecule has 172 valence electrons. The van der Waals surface area contributed by atoms with Gasteiger partial charge < -0.3 is 5.11 Å². The molecule has 31 heavy (non-hydrogen) atoms. The number of halogens is 13. The molecule has 15 heteroatoms. The molecule has 2 aliphatic carbocycles. The summed E-state index contributed by atoms with van der Waals surface area (Å²) in [5.41, 5.74) is -11.1. The van der Waals surface area contributed by atoms with E-state index in [0.29, 0.717) is 12.1 Å². The van der Waals surface area contributed by atoms with Crippen molar-refractivity contribution in [1.29, 1.82) is 0 Å². The molecule has 0 aromatic heterocycles. The molecule has 2 aliphatic rings. The lowest BCUT2D eigenvalue weighted by atomic mass is 9.72. The summed E-state index contributed by atoms with van der Waals surface area (Å²) in [5.74, 6) is -37.0. The van der Waals surface area contributed by atoms with E-state index in [1.807, 2.05) is 0 Å². The van der Waals surface area contributed by atoms with E-state index in [4.69, 9.17) is 11.6 Å². The Morgan fingerprint density at radius 2 is 1.35 bits per heavy atom. The van der Waals surface area contributed by atoms with Gasteiger partial charge in [-0.3, -0.25) is 4.79 Å². The molecular weight excluding hydrogens is 488 g/mol. The molecule has 2 nitrogen and oxygen atoms in total. The van der Waals surface area contributed by atoms with Crippen LogP contribution < -0.4 is 5.11 Å². The second kappa shape index (κ2) is 6.01. The molecule has 0 radical (unpaired) electrons. The summed E-state index contributed by atoms with van der Waals surface area (Å²) in [5, 5.41) is 11.7. The van der Waals surface area contributed by atoms with Gasteiger partial charge in [-0.1, -0.05) is 17.4 Å². The van der Waals surface area contributed by atoms with Gasteiger partial charge in [-0.2, -0.15) is 48.3 Å². The average molecular weight is 492 g/mol. The standard InChI is InChI=1S/C16H5ClF12O2/c17-5-1-4-2-6(9(30)8(4)7(18)3-5)10(31)11(16(27,28)29)12(19,20)14(23,24)15(25,26)13(11,21)22/h1,3,30H,2H2/p-1. The Morgan fingerprint density at radius 3 is 1.77 bits per heavy atom. The molecule has 0 spiro atoms. The summed E-state index contributed by atoms with van der Waals surface area (Å²) in [6.45, 7) is 0. The first-order chi connectivity index (χ1) is 13.7. The Kier molecular flexibility index (Phi) is 4.57. The maximum atomic E-state index is 14.2. The maximum Gasteiger partial charge on any atom is 0.414 e. The van der Waals surface area contributed by atoms with Crippen LogP contribution in [0.5, 0.6) is 0 Å². The molecule has 0 heterocycles. The van der Waals surface area contributed by atoms with Gasteiger partial charge in [-0.25, -0.2) is 4.39 Å². The van der Waals surface area contributed by atoms with Crippen molar-refractivity contribution in [2.24, 2.45) is 5.41 Å². The Hall–Kier alpha value is -2.12. The van der Waals surface area contributed by atoms with Crippen molar-refractivity contribution in [1.82, 2.24) is 0 Å². The molecule has 0 atom stereocenters. The summed E-state index contributed by atoms with van der Waals surface area (Å²) < 4.78 is 165. The number of hydrogen-bond acceptors (Lipinski definition) is 2. The molecule has 0 saturated heterocycles. The van der Waals surface area contributed by atoms with Gasteiger partial charge in [0.05, 0.1) is 0 Å². The topological polar surface area (TPSA) is 40.1 Å². The first-order valence-electron chi connectivity index (χ1n) is 7.73. The number of carbonyl (C=O) groups is 1. The van der Waals surface area contributed by atoms with Gasteiger partial charge >= 0.3 is 29.9 Å². The number of alkyl halides is 11. The summed E-state index contributed by atoms with van der Waals surface area (Å²) in [6, 6.07) is 1.05. The maximum absolute atomic E-state index is 14.2. The summed E-state index contributed by atoms with van der Waals surface area (Å²) in [4.78, 5) is 12.3. The highest BCUT2D eigenvalue weighted by Crippen LogP contribution is 2.76. The highest BCUT2D eigenvalue weighted by atomic mass is 35.5. The van der Waals surface area contributed by atoms with Crippen LogP contribution in [0, 0.1) is 11.2 Å². The zero-order valence-corrected chi connectivity index (χ0v) is 14.8. The van der Waals surface area contributed by atoms with E-state index in [9.17, 15) is 62.6 Å². The molecule has 1 fully saturated rings. The van der Waals surface area contributed by atoms with Crippen molar-refractivity contribution in [2.45, 2.75) is 36.3 Å². The van der Waals surface area contributed by atoms with Gasteiger partial charge in [0, 0.05) is 17.0 Å². The fraction of sp³-hybridized carbons (Fsp3) is 0.438. The fourth-order valence-electron chi connectivity index (χ4n) is 3.68. The zero-order valence-electron chi connectivity index (χ0n) is 14.1. The predicted molar refractivity (Wildman–Crippen MR) is 75.3 cm³/mol. The van der Waals surface area contributed by atoms with Gasteiger partial charge in [0.25, 0.3) is 5.41 Å². The van der Waals surface area contributed by atoms with Crippen molar-refractivity contribution in [2.75, 3.05) is 0 Å². The third-order valence-electron chi connectivity index (χ3n) is 5.17. The molecule has 1 saturated carbocycles. The number of ketones is 1. The zero-order chi connectivity index (χ0) is 24.2. The molecule has 0 unspecified atom stereocenters. The number of rotatable bonds is 2. The van der Waals surface area contributed by atoms with E-state index in [1.165, 1.54) is 0 Å². The van der Waals surface area contributed by atoms with Crippen molar-refractivity contribution in [3.05, 3.63) is 39.7 Å². The van der Waals surface area contributed by atoms with Crippen LogP contribution in [0.2, 0.25) is 5.02 Å². The van der Waals surface area contributed by atoms with E-state index in [2.05, 4.69) is 0 Å². The van der Waals surface area contributed by atoms with E-state index < -0.39 is 80.8 Å². The number of hydrogen-bond donors (Lipinski definition) is 0. The minimum absolute atomic E-state index is 0.395. The number of benzene rings is 1. The van der Waals surface area contributed by atoms with Crippen LogP contribution in [0.1, 0.15) is 11.1 Å². The van der Waals surface area contributed by atoms with Crippen LogP contribution in [-0.2, 0) is 11.2 Å². The highest BCUT2D eigenvalue weighted by Gasteiger charge is 3.06. The van der Waals surface area contributed by atoms with Crippen LogP contribution in [0.4, 0.5) is 52.7 Å². The highest BCUT2D eigenvalue weighted by molar-refractivity contribution is 6.30. The van der Waals surface area contributed by atoms with E-state index in [-0.39, 0.29) is 0 Å². The average Bonchev–Trinajstić information content (AvgIpc) is 2.91. The second-order valence-electron chi connectivity index (χ2n) is 6.78. The predicted octanol–water partition coefficient (Wildman–Crippen LogP) is 4.78. The Labute approximate surface area is 168 Å². The Balaban J connectivity index is 2.37. The SMILES string of the molecule is O=C(C1=C([O-])c2c(F)cc(Cl)cc2C1)C1(C(F)(F)F)C(F)(F)C(F)(F)C(F)(F)C1(F)F. The lowest BCUT2D eigenvalue weighted by Crippen LogP contribution is -2.65. The molecule has 1 aromatic carbocycles. The smallest absolute Gasteiger partial charge is 0.414 e.